The average Bonchev–Trinajstić information content (AvgIpc) is 2.42. The van der Waals surface area contributed by atoms with Gasteiger partial charge in [-0.15, -0.1) is 0 Å². The SMILES string of the molecule is Cc1ccc(CN(C)C(=O)CC2CCCNC2)cc1. The summed E-state index contributed by atoms with van der Waals surface area (Å²) in [5, 5.41) is 3.36. The van der Waals surface area contributed by atoms with Crippen molar-refractivity contribution in [2.45, 2.75) is 32.7 Å². The van der Waals surface area contributed by atoms with Gasteiger partial charge in [-0.05, 0) is 44.3 Å². The number of benzene rings is 1. The summed E-state index contributed by atoms with van der Waals surface area (Å²) in [5.41, 5.74) is 2.45. The molecule has 0 spiro atoms. The Morgan fingerprint density at radius 1 is 1.37 bits per heavy atom. The fraction of sp³-hybridized carbons (Fsp3) is 0.562. The number of piperidine rings is 1. The third-order valence-corrected chi connectivity index (χ3v) is 3.83. The van der Waals surface area contributed by atoms with Gasteiger partial charge in [-0.25, -0.2) is 0 Å². The lowest BCUT2D eigenvalue weighted by Gasteiger charge is -2.25. The highest BCUT2D eigenvalue weighted by Gasteiger charge is 2.19. The lowest BCUT2D eigenvalue weighted by atomic mass is 9.95. The molecule has 1 heterocycles. The van der Waals surface area contributed by atoms with E-state index in [4.69, 9.17) is 0 Å². The van der Waals surface area contributed by atoms with E-state index in [0.717, 1.165) is 13.1 Å². The molecule has 2 rings (SSSR count). The molecule has 0 bridgehead atoms. The zero-order valence-electron chi connectivity index (χ0n) is 12.0. The first kappa shape index (κ1) is 14.1. The smallest absolute Gasteiger partial charge is 0.222 e. The summed E-state index contributed by atoms with van der Waals surface area (Å²) >= 11 is 0. The van der Waals surface area contributed by atoms with Gasteiger partial charge in [-0.3, -0.25) is 4.79 Å². The molecule has 104 valence electrons. The number of aryl methyl sites for hydroxylation is 1. The average molecular weight is 260 g/mol. The van der Waals surface area contributed by atoms with Crippen LogP contribution >= 0.6 is 0 Å². The van der Waals surface area contributed by atoms with Crippen molar-refractivity contribution in [2.24, 2.45) is 5.92 Å². The summed E-state index contributed by atoms with van der Waals surface area (Å²) < 4.78 is 0. The third kappa shape index (κ3) is 4.35. The third-order valence-electron chi connectivity index (χ3n) is 3.83. The van der Waals surface area contributed by atoms with E-state index in [2.05, 4.69) is 36.5 Å². The van der Waals surface area contributed by atoms with E-state index in [1.165, 1.54) is 24.0 Å². The minimum absolute atomic E-state index is 0.259. The van der Waals surface area contributed by atoms with Crippen molar-refractivity contribution in [2.75, 3.05) is 20.1 Å². The van der Waals surface area contributed by atoms with Crippen molar-refractivity contribution in [3.05, 3.63) is 35.4 Å². The van der Waals surface area contributed by atoms with Crippen molar-refractivity contribution in [1.82, 2.24) is 10.2 Å². The van der Waals surface area contributed by atoms with Gasteiger partial charge in [0, 0.05) is 20.0 Å². The van der Waals surface area contributed by atoms with Crippen LogP contribution in [0.2, 0.25) is 0 Å². The largest absolute Gasteiger partial charge is 0.341 e. The van der Waals surface area contributed by atoms with E-state index in [-0.39, 0.29) is 5.91 Å². The predicted molar refractivity (Wildman–Crippen MR) is 77.9 cm³/mol. The highest BCUT2D eigenvalue weighted by atomic mass is 16.2. The second-order valence-electron chi connectivity index (χ2n) is 5.65. The zero-order valence-corrected chi connectivity index (χ0v) is 12.0. The fourth-order valence-corrected chi connectivity index (χ4v) is 2.56. The molecule has 1 aromatic rings. The minimum Gasteiger partial charge on any atom is -0.341 e. The van der Waals surface area contributed by atoms with Crippen molar-refractivity contribution in [3.8, 4) is 0 Å². The second-order valence-corrected chi connectivity index (χ2v) is 5.65. The molecule has 1 saturated heterocycles. The monoisotopic (exact) mass is 260 g/mol. The molecule has 0 aromatic heterocycles. The Morgan fingerprint density at radius 3 is 2.74 bits per heavy atom. The normalized spacial score (nSPS) is 19.2. The van der Waals surface area contributed by atoms with Crippen LogP contribution in [-0.2, 0) is 11.3 Å². The molecule has 1 aromatic carbocycles. The predicted octanol–water partition coefficient (Wildman–Crippen LogP) is 2.34. The number of nitrogens with zero attached hydrogens (tertiary/aromatic N) is 1. The van der Waals surface area contributed by atoms with Gasteiger partial charge in [-0.2, -0.15) is 0 Å². The Bertz CT molecular complexity index is 407. The molecule has 1 aliphatic heterocycles. The first-order valence-corrected chi connectivity index (χ1v) is 7.15. The fourth-order valence-electron chi connectivity index (χ4n) is 2.56. The molecular formula is C16H24N2O. The van der Waals surface area contributed by atoms with Gasteiger partial charge in [0.25, 0.3) is 0 Å². The second kappa shape index (κ2) is 6.71. The van der Waals surface area contributed by atoms with Crippen molar-refractivity contribution in [1.29, 1.82) is 0 Å². The van der Waals surface area contributed by atoms with Gasteiger partial charge in [-0.1, -0.05) is 29.8 Å². The van der Waals surface area contributed by atoms with E-state index in [1.54, 1.807) is 0 Å². The summed E-state index contributed by atoms with van der Waals surface area (Å²) in [6, 6.07) is 8.39. The topological polar surface area (TPSA) is 32.3 Å². The molecule has 1 atom stereocenters. The Kier molecular flexibility index (Phi) is 4.97. The van der Waals surface area contributed by atoms with Crippen LogP contribution in [0.25, 0.3) is 0 Å². The summed E-state index contributed by atoms with van der Waals surface area (Å²) in [4.78, 5) is 14.0. The maximum Gasteiger partial charge on any atom is 0.222 e. The van der Waals surface area contributed by atoms with Gasteiger partial charge in [0.15, 0.2) is 0 Å². The van der Waals surface area contributed by atoms with Crippen LogP contribution in [0, 0.1) is 12.8 Å². The Morgan fingerprint density at radius 2 is 2.11 bits per heavy atom. The molecule has 1 N–H and O–H groups in total. The van der Waals surface area contributed by atoms with E-state index >= 15 is 0 Å². The first-order chi connectivity index (χ1) is 9.15. The molecule has 0 radical (unpaired) electrons. The zero-order chi connectivity index (χ0) is 13.7. The van der Waals surface area contributed by atoms with Crippen LogP contribution in [0.5, 0.6) is 0 Å². The van der Waals surface area contributed by atoms with Crippen molar-refractivity contribution >= 4 is 5.91 Å². The van der Waals surface area contributed by atoms with Gasteiger partial charge in [0.2, 0.25) is 5.91 Å². The minimum atomic E-state index is 0.259. The summed E-state index contributed by atoms with van der Waals surface area (Å²) in [6.07, 6.45) is 3.05. The Labute approximate surface area is 116 Å². The molecule has 1 unspecified atom stereocenters. The number of hydrogen-bond acceptors (Lipinski definition) is 2. The Balaban J connectivity index is 1.83. The van der Waals surface area contributed by atoms with Gasteiger partial charge in [0.1, 0.15) is 0 Å². The van der Waals surface area contributed by atoms with Gasteiger partial charge < -0.3 is 10.2 Å². The number of hydrogen-bond donors (Lipinski definition) is 1. The first-order valence-electron chi connectivity index (χ1n) is 7.15. The van der Waals surface area contributed by atoms with Crippen molar-refractivity contribution < 1.29 is 4.79 Å². The molecule has 3 nitrogen and oxygen atoms in total. The van der Waals surface area contributed by atoms with E-state index in [9.17, 15) is 4.79 Å². The molecular weight excluding hydrogens is 236 g/mol. The number of carbonyl (C=O) groups excluding carboxylic acids is 1. The molecule has 1 fully saturated rings. The highest BCUT2D eigenvalue weighted by Crippen LogP contribution is 2.16. The van der Waals surface area contributed by atoms with Gasteiger partial charge >= 0.3 is 0 Å². The molecule has 1 aliphatic rings. The van der Waals surface area contributed by atoms with Crippen LogP contribution in [0.3, 0.4) is 0 Å². The van der Waals surface area contributed by atoms with Gasteiger partial charge in [0.05, 0.1) is 0 Å². The van der Waals surface area contributed by atoms with Crippen LogP contribution in [0.15, 0.2) is 24.3 Å². The lowest BCUT2D eigenvalue weighted by molar-refractivity contribution is -0.131. The molecule has 0 aliphatic carbocycles. The van der Waals surface area contributed by atoms with E-state index in [0.29, 0.717) is 18.9 Å². The number of rotatable bonds is 4. The number of amides is 1. The molecule has 19 heavy (non-hydrogen) atoms. The lowest BCUT2D eigenvalue weighted by Crippen LogP contribution is -2.34. The summed E-state index contributed by atoms with van der Waals surface area (Å²) in [5.74, 6) is 0.774. The maximum atomic E-state index is 12.2. The molecule has 1 amide bonds. The van der Waals surface area contributed by atoms with E-state index < -0.39 is 0 Å². The standard InChI is InChI=1S/C16H24N2O/c1-13-5-7-14(8-6-13)12-18(2)16(19)10-15-4-3-9-17-11-15/h5-8,15,17H,3-4,9-12H2,1-2H3. The quantitative estimate of drug-likeness (QED) is 0.901. The van der Waals surface area contributed by atoms with Crippen molar-refractivity contribution in [3.63, 3.8) is 0 Å². The summed E-state index contributed by atoms with van der Waals surface area (Å²) in [6.45, 7) is 4.88. The van der Waals surface area contributed by atoms with Crippen LogP contribution < -0.4 is 5.32 Å². The van der Waals surface area contributed by atoms with Crippen LogP contribution in [-0.4, -0.2) is 30.9 Å². The number of nitrogens with one attached hydrogen (secondary N) is 1. The maximum absolute atomic E-state index is 12.2. The summed E-state index contributed by atoms with van der Waals surface area (Å²) in [7, 11) is 1.90. The van der Waals surface area contributed by atoms with Crippen LogP contribution in [0.1, 0.15) is 30.4 Å². The van der Waals surface area contributed by atoms with E-state index in [1.807, 2.05) is 11.9 Å². The molecule has 3 heteroatoms. The molecule has 0 saturated carbocycles. The number of carbonyl (C=O) groups is 1. The van der Waals surface area contributed by atoms with Crippen LogP contribution in [0.4, 0.5) is 0 Å². The highest BCUT2D eigenvalue weighted by molar-refractivity contribution is 5.76. The Hall–Kier alpha value is -1.35.